The molecule has 0 saturated carbocycles. The molecule has 0 aliphatic rings. The van der Waals surface area contributed by atoms with Gasteiger partial charge in [-0.15, -0.1) is 0 Å². The summed E-state index contributed by atoms with van der Waals surface area (Å²) in [6.45, 7) is 0. The van der Waals surface area contributed by atoms with Crippen LogP contribution in [-0.2, 0) is 17.1 Å². The van der Waals surface area contributed by atoms with E-state index in [0.29, 0.717) is 0 Å². The van der Waals surface area contributed by atoms with Crippen molar-refractivity contribution in [2.75, 3.05) is 0 Å². The largest absolute Gasteiger partial charge is 1.00 e. The van der Waals surface area contributed by atoms with Crippen molar-refractivity contribution in [3.63, 3.8) is 0 Å². The van der Waals surface area contributed by atoms with Crippen LogP contribution in [0.5, 0.6) is 0 Å². The summed E-state index contributed by atoms with van der Waals surface area (Å²) in [7, 11) is 0. The van der Waals surface area contributed by atoms with Crippen LogP contribution in [0.3, 0.4) is 0 Å². The van der Waals surface area contributed by atoms with Crippen molar-refractivity contribution in [3.05, 3.63) is 15.3 Å². The summed E-state index contributed by atoms with van der Waals surface area (Å²) in [4.78, 5) is 8.25. The normalized spacial score (nSPS) is 3.43. The summed E-state index contributed by atoms with van der Waals surface area (Å²) in [6.07, 6.45) is 0. The number of halogens is 1. The molecular weight excluding hydrogens is 159 g/mol. The molecule has 0 heterocycles. The van der Waals surface area contributed by atoms with Crippen molar-refractivity contribution in [1.82, 2.24) is 6.15 Å². The molecule has 0 spiro atoms. The van der Waals surface area contributed by atoms with Gasteiger partial charge in [-0.05, 0) is 0 Å². The number of hydrogen-bond donors (Lipinski definition) is 1. The summed E-state index contributed by atoms with van der Waals surface area (Å²) in [5, 5.41) is 14.8. The van der Waals surface area contributed by atoms with Gasteiger partial charge < -0.3 is 26.2 Å². The fraction of sp³-hybridized carbons (Fsp3) is 0. The molecule has 0 unspecified atom stereocenters. The minimum Gasteiger partial charge on any atom is -1.00 e. The number of hydrogen-bond acceptors (Lipinski definition) is 3. The fourth-order valence-corrected chi connectivity index (χ4v) is 0. The zero-order valence-corrected chi connectivity index (χ0v) is 4.29. The Hall–Kier alpha value is -0.391. The maximum absolute atomic E-state index is 8.25. The molecule has 0 bridgehead atoms. The second kappa shape index (κ2) is 17.5. The molecule has 0 aromatic carbocycles. The monoisotopic (exact) mass is 162 g/mol. The molecule has 0 amide bonds. The van der Waals surface area contributed by atoms with Crippen LogP contribution in [0.4, 0.5) is 0 Å². The van der Waals surface area contributed by atoms with Crippen molar-refractivity contribution in [1.29, 1.82) is 0 Å². The average Bonchev–Trinajstić information content (AvgIpc) is 0.811. The van der Waals surface area contributed by atoms with E-state index in [9.17, 15) is 0 Å². The van der Waals surface area contributed by atoms with Crippen LogP contribution >= 0.6 is 0 Å². The van der Waals surface area contributed by atoms with Gasteiger partial charge in [-0.2, -0.15) is 0 Å². The van der Waals surface area contributed by atoms with Crippen molar-refractivity contribution in [2.24, 2.45) is 0 Å². The predicted octanol–water partition coefficient (Wildman–Crippen LogP) is -2.86. The molecule has 0 saturated heterocycles. The standard InChI is InChI=1S/Cu.FH.NO3.H3N/c;;2-1(3)4;/h;1H;;1H3/q+1;;-1;. The molecular formula is H4CuFN2O3. The Bertz CT molecular complexity index is 35.9. The Labute approximate surface area is 49.2 Å². The third-order valence-corrected chi connectivity index (χ3v) is 0. The summed E-state index contributed by atoms with van der Waals surface area (Å²) in [5.41, 5.74) is 0. The second-order valence-corrected chi connectivity index (χ2v) is 0.224. The molecule has 5 nitrogen and oxygen atoms in total. The first kappa shape index (κ1) is 30.5. The predicted molar refractivity (Wildman–Crippen MR) is 16.3 cm³/mol. The van der Waals surface area contributed by atoms with Gasteiger partial charge in [0.05, 0.1) is 5.09 Å². The zero-order valence-electron chi connectivity index (χ0n) is 3.35. The first-order chi connectivity index (χ1) is 1.73. The van der Waals surface area contributed by atoms with Gasteiger partial charge in [-0.25, -0.2) is 0 Å². The first-order valence-electron chi connectivity index (χ1n) is 0.548. The maximum Gasteiger partial charge on any atom is 1.00 e. The van der Waals surface area contributed by atoms with E-state index in [1.165, 1.54) is 0 Å². The van der Waals surface area contributed by atoms with Gasteiger partial charge in [0.25, 0.3) is 0 Å². The minimum atomic E-state index is -1.75. The van der Waals surface area contributed by atoms with Gasteiger partial charge in [0, 0.05) is 0 Å². The van der Waals surface area contributed by atoms with Crippen molar-refractivity contribution < 1.29 is 26.9 Å². The Balaban J connectivity index is -0.0000000150. The zero-order chi connectivity index (χ0) is 3.58. The van der Waals surface area contributed by atoms with Crippen LogP contribution in [0.1, 0.15) is 0 Å². The molecule has 50 valence electrons. The van der Waals surface area contributed by atoms with E-state index in [1.807, 2.05) is 0 Å². The van der Waals surface area contributed by atoms with Crippen LogP contribution in [0.2, 0.25) is 0 Å². The summed E-state index contributed by atoms with van der Waals surface area (Å²) in [5.74, 6) is 0. The molecule has 0 aliphatic heterocycles. The first-order valence-corrected chi connectivity index (χ1v) is 0.548. The van der Waals surface area contributed by atoms with E-state index in [2.05, 4.69) is 0 Å². The van der Waals surface area contributed by atoms with Gasteiger partial charge in [0.15, 0.2) is 0 Å². The van der Waals surface area contributed by atoms with E-state index in [1.54, 1.807) is 0 Å². The maximum atomic E-state index is 8.25. The van der Waals surface area contributed by atoms with Crippen LogP contribution in [0.15, 0.2) is 0 Å². The van der Waals surface area contributed by atoms with Gasteiger partial charge in [-0.1, -0.05) is 0 Å². The molecule has 0 aliphatic carbocycles. The van der Waals surface area contributed by atoms with Gasteiger partial charge in [-0.3, -0.25) is 0 Å². The number of rotatable bonds is 0. The molecule has 0 radical (unpaired) electrons. The van der Waals surface area contributed by atoms with Crippen LogP contribution in [0.25, 0.3) is 0 Å². The van der Waals surface area contributed by atoms with E-state index < -0.39 is 5.09 Å². The smallest absolute Gasteiger partial charge is 1.00 e. The molecule has 0 aromatic heterocycles. The SMILES string of the molecule is O=[N+]([O-])[O-].[Cu+].[F-].[NH4+]. The van der Waals surface area contributed by atoms with Gasteiger partial charge >= 0.3 is 17.1 Å². The molecule has 0 aromatic rings. The Morgan fingerprint density at radius 2 is 1.29 bits per heavy atom. The van der Waals surface area contributed by atoms with E-state index in [-0.39, 0.29) is 27.9 Å². The van der Waals surface area contributed by atoms with E-state index in [4.69, 9.17) is 15.3 Å². The van der Waals surface area contributed by atoms with Crippen molar-refractivity contribution in [2.45, 2.75) is 0 Å². The van der Waals surface area contributed by atoms with Crippen LogP contribution < -0.4 is 10.9 Å². The van der Waals surface area contributed by atoms with Crippen molar-refractivity contribution >= 4 is 0 Å². The molecule has 4 N–H and O–H groups in total. The summed E-state index contributed by atoms with van der Waals surface area (Å²) < 4.78 is 0. The number of quaternary nitrogens is 1. The molecule has 7 heteroatoms. The summed E-state index contributed by atoms with van der Waals surface area (Å²) in [6, 6.07) is 0. The number of nitrogens with zero attached hydrogens (tertiary/aromatic N) is 1. The van der Waals surface area contributed by atoms with E-state index >= 15 is 0 Å². The third kappa shape index (κ3) is 479. The van der Waals surface area contributed by atoms with Crippen molar-refractivity contribution in [3.8, 4) is 0 Å². The third-order valence-electron chi connectivity index (χ3n) is 0. The van der Waals surface area contributed by atoms with Crippen LogP contribution in [0, 0.1) is 15.3 Å². The van der Waals surface area contributed by atoms with Crippen LogP contribution in [-0.4, -0.2) is 5.09 Å². The average molecular weight is 163 g/mol. The topological polar surface area (TPSA) is 103 Å². The molecule has 7 heavy (non-hydrogen) atoms. The van der Waals surface area contributed by atoms with Gasteiger partial charge in [0.1, 0.15) is 0 Å². The Kier molecular flexibility index (Phi) is 76.4. The molecule has 0 atom stereocenters. The van der Waals surface area contributed by atoms with Gasteiger partial charge in [0.2, 0.25) is 0 Å². The van der Waals surface area contributed by atoms with E-state index in [0.717, 1.165) is 0 Å². The Morgan fingerprint density at radius 1 is 1.29 bits per heavy atom. The second-order valence-electron chi connectivity index (χ2n) is 0.224. The minimum absolute atomic E-state index is 0. The Morgan fingerprint density at radius 3 is 1.29 bits per heavy atom. The molecule has 0 fully saturated rings. The quantitative estimate of drug-likeness (QED) is 0.235. The fourth-order valence-electron chi connectivity index (χ4n) is 0. The summed E-state index contributed by atoms with van der Waals surface area (Å²) >= 11 is 0. The molecule has 0 rings (SSSR count).